The fourth-order valence-electron chi connectivity index (χ4n) is 5.41. The fourth-order valence-corrected chi connectivity index (χ4v) is 5.41. The summed E-state index contributed by atoms with van der Waals surface area (Å²) in [5.41, 5.74) is 0. The van der Waals surface area contributed by atoms with Gasteiger partial charge in [0.05, 0.1) is 31.3 Å². The van der Waals surface area contributed by atoms with E-state index in [9.17, 15) is 20.1 Å². The molecule has 1 amide bonds. The number of unbranched alkanes of at least 4 members (excludes halogenated alkanes) is 21. The Labute approximate surface area is 261 Å². The Morgan fingerprint density at radius 2 is 1.02 bits per heavy atom. The van der Waals surface area contributed by atoms with Gasteiger partial charge in [0.2, 0.25) is 5.91 Å². The summed E-state index contributed by atoms with van der Waals surface area (Å²) in [4.78, 5) is 12.3. The fraction of sp³-hybridized carbons (Fsp3) is 0.865. The summed E-state index contributed by atoms with van der Waals surface area (Å²) < 4.78 is 0. The van der Waals surface area contributed by atoms with Crippen molar-refractivity contribution in [3.8, 4) is 0 Å². The number of amides is 1. The lowest BCUT2D eigenvalue weighted by molar-refractivity contribution is -0.124. The maximum Gasteiger partial charge on any atom is 0.222 e. The lowest BCUT2D eigenvalue weighted by Crippen LogP contribution is -2.45. The number of aliphatic hydroxyl groups excluding tert-OH is 3. The third-order valence-corrected chi connectivity index (χ3v) is 8.24. The molecule has 5 heteroatoms. The molecule has 0 saturated heterocycles. The standard InChI is InChI=1S/C37H71NO4/c1-3-5-7-9-11-12-13-14-15-16-17-18-19-20-21-22-23-25-27-29-31-36(41)35(33-39)38-37(42)32-34(40)30-28-26-24-10-8-6-4-2/h22-23,29,31,34-36,39-41H,3-21,24-28,30,32-33H2,1-2H3,(H,38,42)/b23-22+,31-29+. The summed E-state index contributed by atoms with van der Waals surface area (Å²) in [6.07, 6.45) is 37.5. The van der Waals surface area contributed by atoms with E-state index < -0.39 is 18.2 Å². The van der Waals surface area contributed by atoms with Gasteiger partial charge in [0.25, 0.3) is 0 Å². The first-order valence-corrected chi connectivity index (χ1v) is 18.1. The number of carbonyl (C=O) groups is 1. The Hall–Kier alpha value is -1.17. The number of hydrogen-bond acceptors (Lipinski definition) is 4. The summed E-state index contributed by atoms with van der Waals surface area (Å²) in [6.45, 7) is 4.14. The maximum atomic E-state index is 12.3. The van der Waals surface area contributed by atoms with E-state index in [2.05, 4.69) is 31.3 Å². The Bertz CT molecular complexity index is 621. The molecule has 3 atom stereocenters. The average Bonchev–Trinajstić information content (AvgIpc) is 2.98. The minimum absolute atomic E-state index is 0.00682. The number of nitrogens with one attached hydrogen (secondary N) is 1. The van der Waals surface area contributed by atoms with Gasteiger partial charge in [0.15, 0.2) is 0 Å². The van der Waals surface area contributed by atoms with Crippen molar-refractivity contribution in [1.29, 1.82) is 0 Å². The van der Waals surface area contributed by atoms with E-state index in [1.807, 2.05) is 6.08 Å². The van der Waals surface area contributed by atoms with E-state index in [1.165, 1.54) is 122 Å². The Kier molecular flexibility index (Phi) is 31.8. The van der Waals surface area contributed by atoms with Crippen LogP contribution in [0.25, 0.3) is 0 Å². The van der Waals surface area contributed by atoms with E-state index >= 15 is 0 Å². The minimum Gasteiger partial charge on any atom is -0.394 e. The monoisotopic (exact) mass is 594 g/mol. The first-order chi connectivity index (χ1) is 20.5. The molecule has 0 rings (SSSR count). The van der Waals surface area contributed by atoms with Crippen LogP contribution < -0.4 is 5.32 Å². The van der Waals surface area contributed by atoms with Crippen molar-refractivity contribution in [1.82, 2.24) is 5.32 Å². The molecule has 4 N–H and O–H groups in total. The van der Waals surface area contributed by atoms with Gasteiger partial charge >= 0.3 is 0 Å². The molecule has 0 spiro atoms. The molecule has 0 heterocycles. The smallest absolute Gasteiger partial charge is 0.222 e. The topological polar surface area (TPSA) is 89.8 Å². The average molecular weight is 594 g/mol. The normalized spacial score (nSPS) is 14.1. The van der Waals surface area contributed by atoms with Crippen molar-refractivity contribution in [3.05, 3.63) is 24.3 Å². The van der Waals surface area contributed by atoms with E-state index in [1.54, 1.807) is 6.08 Å². The van der Waals surface area contributed by atoms with Gasteiger partial charge < -0.3 is 20.6 Å². The van der Waals surface area contributed by atoms with Gasteiger partial charge in [-0.25, -0.2) is 0 Å². The molecule has 0 aromatic rings. The van der Waals surface area contributed by atoms with Crippen LogP contribution in [-0.2, 0) is 4.79 Å². The van der Waals surface area contributed by atoms with E-state index in [0.29, 0.717) is 6.42 Å². The van der Waals surface area contributed by atoms with Crippen LogP contribution >= 0.6 is 0 Å². The van der Waals surface area contributed by atoms with Crippen LogP contribution in [0.5, 0.6) is 0 Å². The van der Waals surface area contributed by atoms with Crippen LogP contribution in [0.3, 0.4) is 0 Å². The second-order valence-electron chi connectivity index (χ2n) is 12.5. The highest BCUT2D eigenvalue weighted by Gasteiger charge is 2.20. The molecule has 0 aliphatic heterocycles. The third kappa shape index (κ3) is 28.9. The van der Waals surface area contributed by atoms with E-state index in [4.69, 9.17) is 0 Å². The van der Waals surface area contributed by atoms with Gasteiger partial charge in [0, 0.05) is 0 Å². The van der Waals surface area contributed by atoms with E-state index in [-0.39, 0.29) is 18.9 Å². The lowest BCUT2D eigenvalue weighted by Gasteiger charge is -2.21. The molecule has 0 aromatic carbocycles. The van der Waals surface area contributed by atoms with Gasteiger partial charge in [0.1, 0.15) is 0 Å². The number of aliphatic hydroxyl groups is 3. The SMILES string of the molecule is CCCCCCCCCCCCCCCC/C=C/CC/C=C/C(O)C(CO)NC(=O)CC(O)CCCCCCCCC. The summed E-state index contributed by atoms with van der Waals surface area (Å²) in [5, 5.41) is 32.8. The highest BCUT2D eigenvalue weighted by molar-refractivity contribution is 5.76. The van der Waals surface area contributed by atoms with Crippen molar-refractivity contribution in [3.63, 3.8) is 0 Å². The molecule has 0 aromatic heterocycles. The van der Waals surface area contributed by atoms with Crippen LogP contribution in [0.1, 0.15) is 181 Å². The molecule has 0 radical (unpaired) electrons. The number of hydrogen-bond donors (Lipinski definition) is 4. The van der Waals surface area contributed by atoms with Gasteiger partial charge in [-0.05, 0) is 32.1 Å². The minimum atomic E-state index is -0.946. The quantitative estimate of drug-likeness (QED) is 0.0462. The molecule has 3 unspecified atom stereocenters. The Morgan fingerprint density at radius 1 is 0.595 bits per heavy atom. The van der Waals surface area contributed by atoms with Crippen LogP contribution in [0.2, 0.25) is 0 Å². The molecule has 0 aliphatic rings. The molecule has 5 nitrogen and oxygen atoms in total. The lowest BCUT2D eigenvalue weighted by atomic mass is 10.0. The first-order valence-electron chi connectivity index (χ1n) is 18.1. The van der Waals surface area contributed by atoms with Crippen LogP contribution in [0, 0.1) is 0 Å². The summed E-state index contributed by atoms with van der Waals surface area (Å²) in [6, 6.07) is -0.754. The van der Waals surface area contributed by atoms with Gasteiger partial charge in [-0.2, -0.15) is 0 Å². The van der Waals surface area contributed by atoms with Gasteiger partial charge in [-0.15, -0.1) is 0 Å². The number of carbonyl (C=O) groups excluding carboxylic acids is 1. The predicted octanol–water partition coefficient (Wildman–Crippen LogP) is 9.48. The highest BCUT2D eigenvalue weighted by atomic mass is 16.3. The Balaban J connectivity index is 3.73. The maximum absolute atomic E-state index is 12.3. The molecular formula is C37H71NO4. The van der Waals surface area contributed by atoms with E-state index in [0.717, 1.165) is 32.1 Å². The van der Waals surface area contributed by atoms with Crippen molar-refractivity contribution in [2.45, 2.75) is 199 Å². The van der Waals surface area contributed by atoms with Gasteiger partial charge in [-0.3, -0.25) is 4.79 Å². The van der Waals surface area contributed by atoms with Crippen molar-refractivity contribution in [2.75, 3.05) is 6.61 Å². The van der Waals surface area contributed by atoms with Crippen molar-refractivity contribution in [2.24, 2.45) is 0 Å². The second-order valence-corrected chi connectivity index (χ2v) is 12.5. The molecule has 0 aliphatic carbocycles. The highest BCUT2D eigenvalue weighted by Crippen LogP contribution is 2.14. The molecule has 248 valence electrons. The number of allylic oxidation sites excluding steroid dienone is 3. The molecule has 0 fully saturated rings. The zero-order valence-corrected chi connectivity index (χ0v) is 27.9. The zero-order chi connectivity index (χ0) is 30.9. The van der Waals surface area contributed by atoms with Crippen molar-refractivity contribution < 1.29 is 20.1 Å². The molecule has 0 saturated carbocycles. The first kappa shape index (κ1) is 40.8. The van der Waals surface area contributed by atoms with Crippen LogP contribution in [0.4, 0.5) is 0 Å². The summed E-state index contributed by atoms with van der Waals surface area (Å²) >= 11 is 0. The Morgan fingerprint density at radius 3 is 1.52 bits per heavy atom. The zero-order valence-electron chi connectivity index (χ0n) is 27.9. The largest absolute Gasteiger partial charge is 0.394 e. The molecule has 0 bridgehead atoms. The molecular weight excluding hydrogens is 522 g/mol. The number of rotatable bonds is 32. The van der Waals surface area contributed by atoms with Crippen LogP contribution in [0.15, 0.2) is 24.3 Å². The van der Waals surface area contributed by atoms with Crippen LogP contribution in [-0.4, -0.2) is 46.1 Å². The molecule has 42 heavy (non-hydrogen) atoms. The summed E-state index contributed by atoms with van der Waals surface area (Å²) in [5.74, 6) is -0.330. The third-order valence-electron chi connectivity index (χ3n) is 8.24. The summed E-state index contributed by atoms with van der Waals surface area (Å²) in [7, 11) is 0. The van der Waals surface area contributed by atoms with Crippen molar-refractivity contribution >= 4 is 5.91 Å². The predicted molar refractivity (Wildman–Crippen MR) is 181 cm³/mol. The van der Waals surface area contributed by atoms with Gasteiger partial charge in [-0.1, -0.05) is 167 Å². The second kappa shape index (κ2) is 32.7.